The van der Waals surface area contributed by atoms with E-state index in [1.807, 2.05) is 0 Å². The van der Waals surface area contributed by atoms with E-state index >= 15 is 0 Å². The molecule has 1 N–H and O–H groups in total. The molecular weight excluding hydrogens is 224 g/mol. The zero-order chi connectivity index (χ0) is 12.4. The van der Waals surface area contributed by atoms with Crippen molar-refractivity contribution in [1.29, 1.82) is 0 Å². The van der Waals surface area contributed by atoms with Crippen LogP contribution in [0.5, 0.6) is 0 Å². The van der Waals surface area contributed by atoms with Crippen LogP contribution in [-0.2, 0) is 4.79 Å². The van der Waals surface area contributed by atoms with Gasteiger partial charge in [-0.25, -0.2) is 0 Å². The van der Waals surface area contributed by atoms with Gasteiger partial charge in [0.25, 0.3) is 0 Å². The molecule has 4 aliphatic carbocycles. The quantitative estimate of drug-likeness (QED) is 0.806. The van der Waals surface area contributed by atoms with Gasteiger partial charge in [-0.2, -0.15) is 0 Å². The molecule has 100 valence electrons. The molecular formula is C16H24O2. The minimum absolute atomic E-state index is 0.426. The third-order valence-corrected chi connectivity index (χ3v) is 6.90. The largest absolute Gasteiger partial charge is 0.481 e. The maximum Gasteiger partial charge on any atom is 0.303 e. The van der Waals surface area contributed by atoms with Crippen molar-refractivity contribution in [1.82, 2.24) is 0 Å². The summed E-state index contributed by atoms with van der Waals surface area (Å²) in [6, 6.07) is 0. The van der Waals surface area contributed by atoms with Crippen LogP contribution in [0.2, 0.25) is 0 Å². The monoisotopic (exact) mass is 248 g/mol. The lowest BCUT2D eigenvalue weighted by molar-refractivity contribution is -0.138. The molecule has 0 aromatic carbocycles. The highest BCUT2D eigenvalue weighted by atomic mass is 16.4. The first kappa shape index (κ1) is 11.3. The highest BCUT2D eigenvalue weighted by Crippen LogP contribution is 2.73. The smallest absolute Gasteiger partial charge is 0.303 e. The molecule has 0 bridgehead atoms. The summed E-state index contributed by atoms with van der Waals surface area (Å²) in [5.74, 6) is 1.77. The zero-order valence-corrected chi connectivity index (χ0v) is 11.2. The van der Waals surface area contributed by atoms with Gasteiger partial charge in [-0.05, 0) is 86.4 Å². The summed E-state index contributed by atoms with van der Waals surface area (Å²) in [5.41, 5.74) is 1.38. The molecule has 0 saturated heterocycles. The minimum atomic E-state index is -0.578. The topological polar surface area (TPSA) is 37.3 Å². The van der Waals surface area contributed by atoms with Gasteiger partial charge < -0.3 is 5.11 Å². The molecule has 18 heavy (non-hydrogen) atoms. The molecule has 0 aliphatic heterocycles. The molecule has 2 spiro atoms. The second kappa shape index (κ2) is 3.52. The van der Waals surface area contributed by atoms with Gasteiger partial charge in [0, 0.05) is 6.42 Å². The number of rotatable bonds is 2. The SMILES string of the molecule is O=C(O)CC1CCC2(CC2)C2CCC3(CC3)C2C1. The van der Waals surface area contributed by atoms with Crippen molar-refractivity contribution in [2.75, 3.05) is 0 Å². The molecule has 0 aromatic heterocycles. The van der Waals surface area contributed by atoms with Crippen molar-refractivity contribution in [3.63, 3.8) is 0 Å². The standard InChI is InChI=1S/C16H24O2/c17-14(18)10-11-1-3-15(5-6-15)12-2-4-16(7-8-16)13(12)9-11/h11-13H,1-10H2,(H,17,18). The van der Waals surface area contributed by atoms with E-state index in [-0.39, 0.29) is 0 Å². The maximum atomic E-state index is 11.0. The Morgan fingerprint density at radius 3 is 2.17 bits per heavy atom. The fourth-order valence-electron chi connectivity index (χ4n) is 5.55. The van der Waals surface area contributed by atoms with Gasteiger partial charge in [-0.1, -0.05) is 0 Å². The summed E-state index contributed by atoms with van der Waals surface area (Å²) in [7, 11) is 0. The van der Waals surface area contributed by atoms with Crippen LogP contribution in [0.1, 0.15) is 64.2 Å². The summed E-state index contributed by atoms with van der Waals surface area (Å²) in [6.45, 7) is 0. The lowest BCUT2D eigenvalue weighted by Gasteiger charge is -2.29. The predicted molar refractivity (Wildman–Crippen MR) is 69.1 cm³/mol. The molecule has 3 atom stereocenters. The molecule has 0 radical (unpaired) electrons. The number of carboxylic acids is 1. The van der Waals surface area contributed by atoms with Gasteiger partial charge in [0.1, 0.15) is 0 Å². The predicted octanol–water partition coefficient (Wildman–Crippen LogP) is 3.85. The normalized spacial score (nSPS) is 42.6. The van der Waals surface area contributed by atoms with Crippen LogP contribution in [0.3, 0.4) is 0 Å². The number of aliphatic carboxylic acids is 1. The maximum absolute atomic E-state index is 11.0. The Balaban J connectivity index is 1.59. The van der Waals surface area contributed by atoms with Gasteiger partial charge in [0.2, 0.25) is 0 Å². The van der Waals surface area contributed by atoms with Crippen molar-refractivity contribution < 1.29 is 9.90 Å². The lowest BCUT2D eigenvalue weighted by Crippen LogP contribution is -2.23. The van der Waals surface area contributed by atoms with Crippen LogP contribution in [0.25, 0.3) is 0 Å². The number of carbonyl (C=O) groups is 1. The van der Waals surface area contributed by atoms with E-state index < -0.39 is 5.97 Å². The third-order valence-electron chi connectivity index (χ3n) is 6.90. The van der Waals surface area contributed by atoms with E-state index in [1.165, 1.54) is 57.8 Å². The van der Waals surface area contributed by atoms with E-state index in [4.69, 9.17) is 5.11 Å². The Morgan fingerprint density at radius 1 is 0.944 bits per heavy atom. The van der Waals surface area contributed by atoms with Crippen molar-refractivity contribution in [2.45, 2.75) is 64.2 Å². The van der Waals surface area contributed by atoms with Crippen molar-refractivity contribution >= 4 is 5.97 Å². The minimum Gasteiger partial charge on any atom is -0.481 e. The number of fused-ring (bicyclic) bond motifs is 3. The molecule has 2 heteroatoms. The van der Waals surface area contributed by atoms with E-state index in [0.29, 0.717) is 23.2 Å². The Kier molecular flexibility index (Phi) is 2.21. The highest BCUT2D eigenvalue weighted by Gasteiger charge is 2.64. The van der Waals surface area contributed by atoms with Gasteiger partial charge >= 0.3 is 5.97 Å². The second-order valence-corrected chi connectivity index (χ2v) is 7.71. The van der Waals surface area contributed by atoms with E-state index in [0.717, 1.165) is 11.8 Å². The Bertz CT molecular complexity index is 379. The Hall–Kier alpha value is -0.530. The molecule has 0 aromatic rings. The van der Waals surface area contributed by atoms with Gasteiger partial charge in [-0.3, -0.25) is 4.79 Å². The molecule has 4 rings (SSSR count). The number of hydrogen-bond acceptors (Lipinski definition) is 1. The molecule has 4 aliphatic rings. The van der Waals surface area contributed by atoms with Crippen LogP contribution in [-0.4, -0.2) is 11.1 Å². The average molecular weight is 248 g/mol. The summed E-state index contributed by atoms with van der Waals surface area (Å²) in [5, 5.41) is 9.09. The summed E-state index contributed by atoms with van der Waals surface area (Å²) < 4.78 is 0. The molecule has 4 fully saturated rings. The van der Waals surface area contributed by atoms with Gasteiger partial charge in [0.15, 0.2) is 0 Å². The summed E-state index contributed by atoms with van der Waals surface area (Å²) >= 11 is 0. The van der Waals surface area contributed by atoms with Crippen LogP contribution in [0.4, 0.5) is 0 Å². The molecule has 0 heterocycles. The van der Waals surface area contributed by atoms with Crippen LogP contribution in [0, 0.1) is 28.6 Å². The van der Waals surface area contributed by atoms with Gasteiger partial charge in [-0.15, -0.1) is 0 Å². The van der Waals surface area contributed by atoms with E-state index in [9.17, 15) is 4.79 Å². The number of carboxylic acid groups (broad SMARTS) is 1. The van der Waals surface area contributed by atoms with Crippen LogP contribution >= 0.6 is 0 Å². The summed E-state index contributed by atoms with van der Waals surface area (Å²) in [6.07, 6.45) is 12.9. The Morgan fingerprint density at radius 2 is 1.56 bits per heavy atom. The second-order valence-electron chi connectivity index (χ2n) is 7.71. The zero-order valence-electron chi connectivity index (χ0n) is 11.2. The first-order valence-electron chi connectivity index (χ1n) is 7.85. The summed E-state index contributed by atoms with van der Waals surface area (Å²) in [4.78, 5) is 11.0. The average Bonchev–Trinajstić information content (AvgIpc) is 3.18. The molecule has 4 saturated carbocycles. The van der Waals surface area contributed by atoms with Crippen molar-refractivity contribution in [3.05, 3.63) is 0 Å². The fraction of sp³-hybridized carbons (Fsp3) is 0.938. The van der Waals surface area contributed by atoms with E-state index in [2.05, 4.69) is 0 Å². The first-order valence-corrected chi connectivity index (χ1v) is 7.85. The molecule has 2 nitrogen and oxygen atoms in total. The third kappa shape index (κ3) is 1.57. The Labute approximate surface area is 109 Å². The first-order chi connectivity index (χ1) is 8.64. The van der Waals surface area contributed by atoms with Crippen LogP contribution < -0.4 is 0 Å². The van der Waals surface area contributed by atoms with E-state index in [1.54, 1.807) is 0 Å². The fourth-order valence-corrected chi connectivity index (χ4v) is 5.55. The van der Waals surface area contributed by atoms with Crippen molar-refractivity contribution in [2.24, 2.45) is 28.6 Å². The molecule has 0 amide bonds. The molecule has 3 unspecified atom stereocenters. The van der Waals surface area contributed by atoms with Crippen molar-refractivity contribution in [3.8, 4) is 0 Å². The number of hydrogen-bond donors (Lipinski definition) is 1. The highest BCUT2D eigenvalue weighted by molar-refractivity contribution is 5.67. The van der Waals surface area contributed by atoms with Gasteiger partial charge in [0.05, 0.1) is 0 Å². The lowest BCUT2D eigenvalue weighted by atomic mass is 9.76. The van der Waals surface area contributed by atoms with Crippen LogP contribution in [0.15, 0.2) is 0 Å².